The first-order valence-corrected chi connectivity index (χ1v) is 4.55. The van der Waals surface area contributed by atoms with Crippen molar-refractivity contribution in [1.82, 2.24) is 9.78 Å². The smallest absolute Gasteiger partial charge is 0.211 e. The maximum absolute atomic E-state index is 12.1. The van der Waals surface area contributed by atoms with Gasteiger partial charge in [-0.1, -0.05) is 13.3 Å². The topological polar surface area (TPSA) is 17.8 Å². The van der Waals surface area contributed by atoms with Crippen molar-refractivity contribution in [3.63, 3.8) is 0 Å². The fourth-order valence-electron chi connectivity index (χ4n) is 1.72. The van der Waals surface area contributed by atoms with Gasteiger partial charge < -0.3 is 0 Å². The van der Waals surface area contributed by atoms with Gasteiger partial charge >= 0.3 is 6.55 Å². The zero-order chi connectivity index (χ0) is 9.42. The summed E-state index contributed by atoms with van der Waals surface area (Å²) in [5, 5.41) is 3.84. The Kier molecular flexibility index (Phi) is 2.06. The number of alkyl halides is 2. The van der Waals surface area contributed by atoms with Gasteiger partial charge in [-0.2, -0.15) is 13.9 Å². The Bertz CT molecular complexity index is 296. The van der Waals surface area contributed by atoms with Gasteiger partial charge in [0.2, 0.25) is 0 Å². The first-order valence-electron chi connectivity index (χ1n) is 4.55. The van der Waals surface area contributed by atoms with E-state index < -0.39 is 6.55 Å². The van der Waals surface area contributed by atoms with Crippen molar-refractivity contribution in [2.45, 2.75) is 32.2 Å². The molecular formula is C9H12F2N2. The molecule has 0 spiro atoms. The van der Waals surface area contributed by atoms with Gasteiger partial charge in [-0.25, -0.2) is 4.68 Å². The van der Waals surface area contributed by atoms with Gasteiger partial charge in [0.25, 0.3) is 0 Å². The number of rotatable bonds is 3. The van der Waals surface area contributed by atoms with E-state index in [4.69, 9.17) is 0 Å². The van der Waals surface area contributed by atoms with Crippen LogP contribution < -0.4 is 0 Å². The second-order valence-electron chi connectivity index (χ2n) is 3.51. The maximum Gasteiger partial charge on any atom is 0.333 e. The van der Waals surface area contributed by atoms with E-state index in [1.807, 2.05) is 0 Å². The molecule has 0 saturated heterocycles. The Morgan fingerprint density at radius 3 is 2.92 bits per heavy atom. The number of hydrogen-bond donors (Lipinski definition) is 0. The van der Waals surface area contributed by atoms with Crippen LogP contribution in [0.25, 0.3) is 0 Å². The molecule has 1 heterocycles. The lowest BCUT2D eigenvalue weighted by molar-refractivity contribution is 0.0561. The molecule has 1 aromatic rings. The first kappa shape index (κ1) is 8.66. The third-order valence-electron chi connectivity index (χ3n) is 2.66. The van der Waals surface area contributed by atoms with Crippen LogP contribution in [0.1, 0.15) is 37.9 Å². The highest BCUT2D eigenvalue weighted by Crippen LogP contribution is 2.48. The summed E-state index contributed by atoms with van der Waals surface area (Å²) in [7, 11) is 0. The summed E-state index contributed by atoms with van der Waals surface area (Å²) in [6, 6.07) is 1.70. The maximum atomic E-state index is 12.1. The lowest BCUT2D eigenvalue weighted by Crippen LogP contribution is -1.99. The van der Waals surface area contributed by atoms with Crippen molar-refractivity contribution < 1.29 is 8.78 Å². The summed E-state index contributed by atoms with van der Waals surface area (Å²) in [6.45, 7) is -0.387. The molecule has 0 radical (unpaired) electrons. The zero-order valence-corrected chi connectivity index (χ0v) is 7.45. The molecule has 0 amide bonds. The molecule has 1 fully saturated rings. The Morgan fingerprint density at radius 2 is 2.46 bits per heavy atom. The van der Waals surface area contributed by atoms with Gasteiger partial charge in [-0.3, -0.25) is 0 Å². The van der Waals surface area contributed by atoms with Crippen LogP contribution in [0.5, 0.6) is 0 Å². The van der Waals surface area contributed by atoms with Crippen LogP contribution >= 0.6 is 0 Å². The standard InChI is InChI=1S/C9H12F2N2/c1-2-6-5-7(6)8-3-4-13(12-8)9(10)11/h3-4,6-7,9H,2,5H2,1H3/t6-,7-/m0/s1. The quantitative estimate of drug-likeness (QED) is 0.709. The normalized spacial score (nSPS) is 26.8. The van der Waals surface area contributed by atoms with Crippen molar-refractivity contribution in [3.05, 3.63) is 18.0 Å². The van der Waals surface area contributed by atoms with Crippen LogP contribution in [0.2, 0.25) is 0 Å². The lowest BCUT2D eigenvalue weighted by Gasteiger charge is -1.96. The second kappa shape index (κ2) is 3.09. The minimum absolute atomic E-state index is 0.435. The largest absolute Gasteiger partial charge is 0.333 e. The highest BCUT2D eigenvalue weighted by molar-refractivity contribution is 5.15. The minimum Gasteiger partial charge on any atom is -0.211 e. The van der Waals surface area contributed by atoms with Crippen LogP contribution in [-0.2, 0) is 0 Å². The monoisotopic (exact) mass is 186 g/mol. The molecule has 2 rings (SSSR count). The molecule has 2 atom stereocenters. The highest BCUT2D eigenvalue weighted by Gasteiger charge is 2.38. The summed E-state index contributed by atoms with van der Waals surface area (Å²) in [5.74, 6) is 1.10. The van der Waals surface area contributed by atoms with E-state index in [1.54, 1.807) is 6.07 Å². The Morgan fingerprint density at radius 1 is 1.69 bits per heavy atom. The van der Waals surface area contributed by atoms with E-state index in [1.165, 1.54) is 6.20 Å². The fraction of sp³-hybridized carbons (Fsp3) is 0.667. The molecule has 1 aliphatic rings. The van der Waals surface area contributed by atoms with Gasteiger partial charge in [-0.15, -0.1) is 0 Å². The van der Waals surface area contributed by atoms with Gasteiger partial charge in [0.1, 0.15) is 0 Å². The van der Waals surface area contributed by atoms with E-state index in [2.05, 4.69) is 12.0 Å². The molecule has 1 aromatic heterocycles. The second-order valence-corrected chi connectivity index (χ2v) is 3.51. The Balaban J connectivity index is 2.07. The summed E-state index contributed by atoms with van der Waals surface area (Å²) in [6.07, 6.45) is 3.58. The number of aromatic nitrogens is 2. The third kappa shape index (κ3) is 1.57. The Hall–Kier alpha value is -0.930. The summed E-state index contributed by atoms with van der Waals surface area (Å²) >= 11 is 0. The molecule has 0 N–H and O–H groups in total. The minimum atomic E-state index is -2.51. The average molecular weight is 186 g/mol. The fourth-order valence-corrected chi connectivity index (χ4v) is 1.72. The molecule has 0 aromatic carbocycles. The molecule has 0 unspecified atom stereocenters. The number of nitrogens with zero attached hydrogens (tertiary/aromatic N) is 2. The van der Waals surface area contributed by atoms with E-state index in [0.717, 1.165) is 23.2 Å². The molecule has 4 heteroatoms. The number of hydrogen-bond acceptors (Lipinski definition) is 1. The van der Waals surface area contributed by atoms with E-state index >= 15 is 0 Å². The van der Waals surface area contributed by atoms with Crippen molar-refractivity contribution >= 4 is 0 Å². The predicted octanol–water partition coefficient (Wildman–Crippen LogP) is 2.79. The van der Waals surface area contributed by atoms with Gasteiger partial charge in [0.05, 0.1) is 5.69 Å². The lowest BCUT2D eigenvalue weighted by atomic mass is 10.2. The molecule has 1 saturated carbocycles. The summed E-state index contributed by atoms with van der Waals surface area (Å²) < 4.78 is 25.0. The first-order chi connectivity index (χ1) is 6.22. The summed E-state index contributed by atoms with van der Waals surface area (Å²) in [5.41, 5.74) is 0.826. The summed E-state index contributed by atoms with van der Waals surface area (Å²) in [4.78, 5) is 0. The highest BCUT2D eigenvalue weighted by atomic mass is 19.3. The molecule has 72 valence electrons. The van der Waals surface area contributed by atoms with Crippen molar-refractivity contribution in [3.8, 4) is 0 Å². The van der Waals surface area contributed by atoms with E-state index in [-0.39, 0.29) is 0 Å². The third-order valence-corrected chi connectivity index (χ3v) is 2.66. The van der Waals surface area contributed by atoms with Gasteiger partial charge in [-0.05, 0) is 18.4 Å². The van der Waals surface area contributed by atoms with Crippen LogP contribution in [0.15, 0.2) is 12.3 Å². The molecular weight excluding hydrogens is 174 g/mol. The van der Waals surface area contributed by atoms with Crippen LogP contribution in [0, 0.1) is 5.92 Å². The van der Waals surface area contributed by atoms with Crippen LogP contribution in [0.4, 0.5) is 8.78 Å². The van der Waals surface area contributed by atoms with Crippen LogP contribution in [-0.4, -0.2) is 9.78 Å². The average Bonchev–Trinajstić information content (AvgIpc) is 2.73. The molecule has 2 nitrogen and oxygen atoms in total. The van der Waals surface area contributed by atoms with Gasteiger partial charge in [0.15, 0.2) is 0 Å². The Labute approximate surface area is 75.6 Å². The van der Waals surface area contributed by atoms with Crippen molar-refractivity contribution in [2.75, 3.05) is 0 Å². The molecule has 0 aliphatic heterocycles. The molecule has 13 heavy (non-hydrogen) atoms. The predicted molar refractivity (Wildman–Crippen MR) is 44.6 cm³/mol. The number of halogens is 2. The van der Waals surface area contributed by atoms with Gasteiger partial charge in [0, 0.05) is 12.1 Å². The van der Waals surface area contributed by atoms with E-state index in [9.17, 15) is 8.78 Å². The zero-order valence-electron chi connectivity index (χ0n) is 7.45. The molecule has 1 aliphatic carbocycles. The van der Waals surface area contributed by atoms with Crippen molar-refractivity contribution in [1.29, 1.82) is 0 Å². The molecule has 0 bridgehead atoms. The van der Waals surface area contributed by atoms with Crippen molar-refractivity contribution in [2.24, 2.45) is 5.92 Å². The SMILES string of the molecule is CC[C@H]1C[C@@H]1c1ccn(C(F)F)n1. The van der Waals surface area contributed by atoms with Crippen LogP contribution in [0.3, 0.4) is 0 Å². The van der Waals surface area contributed by atoms with E-state index in [0.29, 0.717) is 11.8 Å².